The van der Waals surface area contributed by atoms with Crippen LogP contribution in [0, 0.1) is 11.9 Å². The molecule has 0 fully saturated rings. The molecule has 2 aromatic rings. The Morgan fingerprint density at radius 2 is 2.17 bits per heavy atom. The molecule has 18 heavy (non-hydrogen) atoms. The Morgan fingerprint density at radius 3 is 2.72 bits per heavy atom. The van der Waals surface area contributed by atoms with Gasteiger partial charge in [-0.25, -0.2) is 0 Å². The number of rotatable bonds is 3. The topological polar surface area (TPSA) is 39.8 Å². The molecule has 5 heteroatoms. The van der Waals surface area contributed by atoms with Gasteiger partial charge in [0.25, 0.3) is 11.5 Å². The Hall–Kier alpha value is -1.91. The van der Waals surface area contributed by atoms with Gasteiger partial charge < -0.3 is 0 Å². The summed E-state index contributed by atoms with van der Waals surface area (Å²) in [5.41, 5.74) is 0.696. The second-order valence-electron chi connectivity index (χ2n) is 4.79. The molecule has 0 bridgehead atoms. The molecule has 0 saturated carbocycles. The summed E-state index contributed by atoms with van der Waals surface area (Å²) < 4.78 is 16.2. The minimum absolute atomic E-state index is 0.182. The highest BCUT2D eigenvalue weighted by atomic mass is 19.1. The molecule has 0 radical (unpaired) electrons. The van der Waals surface area contributed by atoms with E-state index in [1.165, 1.54) is 15.4 Å². The highest BCUT2D eigenvalue weighted by Crippen LogP contribution is 2.10. The molecule has 0 aromatic carbocycles. The van der Waals surface area contributed by atoms with Gasteiger partial charge in [0.15, 0.2) is 0 Å². The van der Waals surface area contributed by atoms with Gasteiger partial charge >= 0.3 is 0 Å². The standard InChI is InChI=1S/C13H16FN3O/c1-9(2)7-10-5-4-6-17(13(10)18)11-8-16(3)15-12(11)14/h4-6,8-9H,7H2,1-3H3. The molecule has 2 aromatic heterocycles. The average Bonchev–Trinajstić information content (AvgIpc) is 2.60. The van der Waals surface area contributed by atoms with Crippen LogP contribution in [0.25, 0.3) is 5.69 Å². The minimum atomic E-state index is -0.638. The van der Waals surface area contributed by atoms with E-state index in [9.17, 15) is 9.18 Å². The van der Waals surface area contributed by atoms with Crippen LogP contribution in [-0.2, 0) is 13.5 Å². The normalized spacial score (nSPS) is 11.2. The van der Waals surface area contributed by atoms with E-state index in [2.05, 4.69) is 5.10 Å². The van der Waals surface area contributed by atoms with Crippen molar-refractivity contribution >= 4 is 0 Å². The Balaban J connectivity index is 2.53. The second kappa shape index (κ2) is 4.76. The van der Waals surface area contributed by atoms with Crippen molar-refractivity contribution in [3.63, 3.8) is 0 Å². The predicted octanol–water partition coefficient (Wildman–Crippen LogP) is 1.91. The largest absolute Gasteiger partial charge is 0.278 e. The molecular formula is C13H16FN3O. The Labute approximate surface area is 105 Å². The first-order chi connectivity index (χ1) is 8.49. The highest BCUT2D eigenvalue weighted by Gasteiger charge is 2.12. The zero-order valence-electron chi connectivity index (χ0n) is 10.7. The van der Waals surface area contributed by atoms with Gasteiger partial charge in [-0.1, -0.05) is 19.9 Å². The Bertz CT molecular complexity index is 613. The number of pyridine rings is 1. The summed E-state index contributed by atoms with van der Waals surface area (Å²) in [6.07, 6.45) is 3.74. The fourth-order valence-corrected chi connectivity index (χ4v) is 1.93. The SMILES string of the molecule is CC(C)Cc1cccn(-c2cn(C)nc2F)c1=O. The van der Waals surface area contributed by atoms with Gasteiger partial charge in [-0.05, 0) is 18.4 Å². The van der Waals surface area contributed by atoms with Crippen molar-refractivity contribution in [2.45, 2.75) is 20.3 Å². The van der Waals surface area contributed by atoms with Crippen LogP contribution in [-0.4, -0.2) is 14.3 Å². The zero-order valence-corrected chi connectivity index (χ0v) is 10.7. The van der Waals surface area contributed by atoms with Crippen LogP contribution in [0.3, 0.4) is 0 Å². The average molecular weight is 249 g/mol. The van der Waals surface area contributed by atoms with Gasteiger partial charge in [0, 0.05) is 18.8 Å². The summed E-state index contributed by atoms with van der Waals surface area (Å²) >= 11 is 0. The van der Waals surface area contributed by atoms with E-state index in [1.807, 2.05) is 13.8 Å². The van der Waals surface area contributed by atoms with Gasteiger partial charge in [-0.2, -0.15) is 4.39 Å². The molecule has 0 aliphatic heterocycles. The van der Waals surface area contributed by atoms with Crippen LogP contribution < -0.4 is 5.56 Å². The molecule has 0 atom stereocenters. The molecule has 4 nitrogen and oxygen atoms in total. The molecule has 96 valence electrons. The summed E-state index contributed by atoms with van der Waals surface area (Å²) in [4.78, 5) is 12.2. The van der Waals surface area contributed by atoms with Gasteiger partial charge in [0.2, 0.25) is 0 Å². The molecule has 0 aliphatic rings. The van der Waals surface area contributed by atoms with Crippen molar-refractivity contribution in [3.05, 3.63) is 46.4 Å². The summed E-state index contributed by atoms with van der Waals surface area (Å²) in [7, 11) is 1.62. The van der Waals surface area contributed by atoms with E-state index in [1.54, 1.807) is 25.4 Å². The highest BCUT2D eigenvalue weighted by molar-refractivity contribution is 5.29. The van der Waals surface area contributed by atoms with E-state index < -0.39 is 5.95 Å². The number of aromatic nitrogens is 3. The lowest BCUT2D eigenvalue weighted by Crippen LogP contribution is -2.22. The van der Waals surface area contributed by atoms with E-state index >= 15 is 0 Å². The third-order valence-electron chi connectivity index (χ3n) is 2.68. The van der Waals surface area contributed by atoms with E-state index in [0.29, 0.717) is 17.9 Å². The Kier molecular flexibility index (Phi) is 3.32. The van der Waals surface area contributed by atoms with Crippen LogP contribution in [0.4, 0.5) is 4.39 Å². The summed E-state index contributed by atoms with van der Waals surface area (Å²) in [6.45, 7) is 4.09. The molecule has 0 aliphatic carbocycles. The first-order valence-corrected chi connectivity index (χ1v) is 5.89. The summed E-state index contributed by atoms with van der Waals surface area (Å²) in [5.74, 6) is -0.256. The van der Waals surface area contributed by atoms with Crippen molar-refractivity contribution in [1.29, 1.82) is 0 Å². The van der Waals surface area contributed by atoms with Gasteiger partial charge in [-0.3, -0.25) is 14.0 Å². The molecule has 0 amide bonds. The van der Waals surface area contributed by atoms with Crippen LogP contribution >= 0.6 is 0 Å². The molecular weight excluding hydrogens is 233 g/mol. The number of aryl methyl sites for hydroxylation is 1. The smallest absolute Gasteiger partial charge is 0.258 e. The van der Waals surface area contributed by atoms with Crippen molar-refractivity contribution < 1.29 is 4.39 Å². The van der Waals surface area contributed by atoms with Crippen molar-refractivity contribution in [2.75, 3.05) is 0 Å². The predicted molar refractivity (Wildman–Crippen MR) is 67.3 cm³/mol. The monoisotopic (exact) mass is 249 g/mol. The quantitative estimate of drug-likeness (QED) is 0.833. The number of nitrogens with zero attached hydrogens (tertiary/aromatic N) is 3. The van der Waals surface area contributed by atoms with Gasteiger partial charge in [0.05, 0.1) is 6.20 Å². The Morgan fingerprint density at radius 1 is 1.44 bits per heavy atom. The number of hydrogen-bond donors (Lipinski definition) is 0. The number of hydrogen-bond acceptors (Lipinski definition) is 2. The van der Waals surface area contributed by atoms with Crippen LogP contribution in [0.2, 0.25) is 0 Å². The van der Waals surface area contributed by atoms with Crippen LogP contribution in [0.5, 0.6) is 0 Å². The number of halogens is 1. The second-order valence-corrected chi connectivity index (χ2v) is 4.79. The van der Waals surface area contributed by atoms with Crippen LogP contribution in [0.15, 0.2) is 29.3 Å². The first-order valence-electron chi connectivity index (χ1n) is 5.89. The van der Waals surface area contributed by atoms with Gasteiger partial charge in [-0.15, -0.1) is 5.10 Å². The van der Waals surface area contributed by atoms with Crippen molar-refractivity contribution in [3.8, 4) is 5.69 Å². The van der Waals surface area contributed by atoms with Crippen LogP contribution in [0.1, 0.15) is 19.4 Å². The first kappa shape index (κ1) is 12.5. The molecule has 0 unspecified atom stereocenters. The molecule has 2 rings (SSSR count). The third kappa shape index (κ3) is 2.34. The molecule has 2 heterocycles. The van der Waals surface area contributed by atoms with Crippen molar-refractivity contribution in [1.82, 2.24) is 14.3 Å². The maximum atomic E-state index is 13.6. The molecule has 0 N–H and O–H groups in total. The molecule has 0 spiro atoms. The maximum absolute atomic E-state index is 13.6. The fourth-order valence-electron chi connectivity index (χ4n) is 1.93. The van der Waals surface area contributed by atoms with E-state index in [-0.39, 0.29) is 11.2 Å². The molecule has 0 saturated heterocycles. The lowest BCUT2D eigenvalue weighted by atomic mass is 10.0. The van der Waals surface area contributed by atoms with E-state index in [0.717, 1.165) is 0 Å². The minimum Gasteiger partial charge on any atom is -0.278 e. The zero-order chi connectivity index (χ0) is 13.3. The van der Waals surface area contributed by atoms with Gasteiger partial charge in [0.1, 0.15) is 5.69 Å². The fraction of sp³-hybridized carbons (Fsp3) is 0.385. The maximum Gasteiger partial charge on any atom is 0.258 e. The summed E-state index contributed by atoms with van der Waals surface area (Å²) in [5, 5.41) is 3.61. The lowest BCUT2D eigenvalue weighted by Gasteiger charge is -2.07. The lowest BCUT2D eigenvalue weighted by molar-refractivity contribution is 0.548. The third-order valence-corrected chi connectivity index (χ3v) is 2.68. The van der Waals surface area contributed by atoms with Crippen molar-refractivity contribution in [2.24, 2.45) is 13.0 Å². The summed E-state index contributed by atoms with van der Waals surface area (Å²) in [6, 6.07) is 3.54. The van der Waals surface area contributed by atoms with E-state index in [4.69, 9.17) is 0 Å².